The number of carbonyl (C=O) groups excluding carboxylic acids is 2. The molecule has 7 heteroatoms. The fourth-order valence-electron chi connectivity index (χ4n) is 2.19. The number of hydrogen-bond acceptors (Lipinski definition) is 4. The van der Waals surface area contributed by atoms with Crippen LogP contribution in [0.25, 0.3) is 0 Å². The molecule has 0 bridgehead atoms. The maximum Gasteiger partial charge on any atom is 0.246 e. The third-order valence-electron chi connectivity index (χ3n) is 3.21. The summed E-state index contributed by atoms with van der Waals surface area (Å²) in [6.07, 6.45) is 0. The summed E-state index contributed by atoms with van der Waals surface area (Å²) >= 11 is 0. The van der Waals surface area contributed by atoms with Crippen molar-refractivity contribution in [1.82, 2.24) is 15.5 Å². The lowest BCUT2D eigenvalue weighted by Crippen LogP contribution is -2.58. The minimum atomic E-state index is -0.479. The van der Waals surface area contributed by atoms with Gasteiger partial charge in [0, 0.05) is 32.8 Å². The van der Waals surface area contributed by atoms with E-state index in [1.54, 1.807) is 0 Å². The molecule has 20 heavy (non-hydrogen) atoms. The number of ether oxygens (including phenoxy) is 1. The molecule has 118 valence electrons. The minimum Gasteiger partial charge on any atom is -0.375 e. The molecule has 1 unspecified atom stereocenters. The Labute approximate surface area is 127 Å². The average Bonchev–Trinajstić information content (AvgIpc) is 2.35. The van der Waals surface area contributed by atoms with Gasteiger partial charge in [0.1, 0.15) is 12.6 Å². The highest BCUT2D eigenvalue weighted by molar-refractivity contribution is 5.88. The van der Waals surface area contributed by atoms with Gasteiger partial charge in [0.05, 0.1) is 0 Å². The van der Waals surface area contributed by atoms with E-state index in [1.165, 1.54) is 7.11 Å². The highest BCUT2D eigenvalue weighted by Gasteiger charge is 2.30. The molecule has 2 N–H and O–H groups in total. The molecule has 0 spiro atoms. The summed E-state index contributed by atoms with van der Waals surface area (Å²) in [5, 5.41) is 6.05. The molecule has 1 aliphatic rings. The van der Waals surface area contributed by atoms with Gasteiger partial charge in [0.25, 0.3) is 0 Å². The molecule has 6 nitrogen and oxygen atoms in total. The summed E-state index contributed by atoms with van der Waals surface area (Å²) < 4.78 is 4.78. The van der Waals surface area contributed by atoms with E-state index < -0.39 is 6.04 Å². The summed E-state index contributed by atoms with van der Waals surface area (Å²) in [5.74, 6) is -0.205. The van der Waals surface area contributed by atoms with Crippen molar-refractivity contribution in [3.8, 4) is 0 Å². The second-order valence-corrected chi connectivity index (χ2v) is 5.36. The van der Waals surface area contributed by atoms with Crippen molar-refractivity contribution >= 4 is 24.2 Å². The lowest BCUT2D eigenvalue weighted by atomic mass is 10.0. The van der Waals surface area contributed by atoms with Gasteiger partial charge in [-0.1, -0.05) is 13.8 Å². The smallest absolute Gasteiger partial charge is 0.246 e. The van der Waals surface area contributed by atoms with E-state index in [4.69, 9.17) is 4.74 Å². The zero-order valence-electron chi connectivity index (χ0n) is 12.6. The van der Waals surface area contributed by atoms with Gasteiger partial charge in [-0.2, -0.15) is 0 Å². The predicted octanol–water partition coefficient (Wildman–Crippen LogP) is 0.0157. The average molecular weight is 308 g/mol. The SMILES string of the molecule is COCC(=O)N[C@H](C(=O)N1CCNC(C)C1)C(C)C.Cl. The number of amides is 2. The van der Waals surface area contributed by atoms with Gasteiger partial charge in [-0.3, -0.25) is 9.59 Å². The van der Waals surface area contributed by atoms with E-state index in [0.717, 1.165) is 6.54 Å². The number of piperazine rings is 1. The minimum absolute atomic E-state index is 0. The lowest BCUT2D eigenvalue weighted by Gasteiger charge is -2.35. The van der Waals surface area contributed by atoms with Crippen LogP contribution in [0, 0.1) is 5.92 Å². The van der Waals surface area contributed by atoms with Crippen LogP contribution < -0.4 is 10.6 Å². The Morgan fingerprint density at radius 3 is 2.60 bits per heavy atom. The third kappa shape index (κ3) is 5.64. The van der Waals surface area contributed by atoms with Crippen molar-refractivity contribution in [2.45, 2.75) is 32.9 Å². The zero-order chi connectivity index (χ0) is 14.4. The van der Waals surface area contributed by atoms with Gasteiger partial charge < -0.3 is 20.3 Å². The Bertz CT molecular complexity index is 326. The van der Waals surface area contributed by atoms with Gasteiger partial charge in [0.15, 0.2) is 0 Å². The fraction of sp³-hybridized carbons (Fsp3) is 0.846. The molecule has 0 radical (unpaired) electrons. The van der Waals surface area contributed by atoms with Crippen LogP contribution >= 0.6 is 12.4 Å². The third-order valence-corrected chi connectivity index (χ3v) is 3.21. The second kappa shape index (κ2) is 9.15. The van der Waals surface area contributed by atoms with Gasteiger partial charge in [-0.05, 0) is 12.8 Å². The molecule has 1 fully saturated rings. The number of rotatable bonds is 5. The summed E-state index contributed by atoms with van der Waals surface area (Å²) in [6.45, 7) is 8.06. The first-order valence-electron chi connectivity index (χ1n) is 6.76. The molecule has 1 saturated heterocycles. The van der Waals surface area contributed by atoms with Gasteiger partial charge in [-0.25, -0.2) is 0 Å². The topological polar surface area (TPSA) is 70.7 Å². The Hall–Kier alpha value is -0.850. The van der Waals surface area contributed by atoms with E-state index in [1.807, 2.05) is 25.7 Å². The predicted molar refractivity (Wildman–Crippen MR) is 79.9 cm³/mol. The van der Waals surface area contributed by atoms with Crippen molar-refractivity contribution in [1.29, 1.82) is 0 Å². The molecule has 2 atom stereocenters. The number of methoxy groups -OCH3 is 1. The Kier molecular flexibility index (Phi) is 8.76. The quantitative estimate of drug-likeness (QED) is 0.751. The van der Waals surface area contributed by atoms with E-state index in [9.17, 15) is 9.59 Å². The van der Waals surface area contributed by atoms with Crippen LogP contribution in [-0.4, -0.2) is 62.1 Å². The van der Waals surface area contributed by atoms with Crippen LogP contribution in [0.3, 0.4) is 0 Å². The van der Waals surface area contributed by atoms with Crippen molar-refractivity contribution in [2.24, 2.45) is 5.92 Å². The summed E-state index contributed by atoms with van der Waals surface area (Å²) in [6, 6.07) is -0.187. The highest BCUT2D eigenvalue weighted by Crippen LogP contribution is 2.09. The number of nitrogens with one attached hydrogen (secondary N) is 2. The monoisotopic (exact) mass is 307 g/mol. The van der Waals surface area contributed by atoms with E-state index >= 15 is 0 Å². The highest BCUT2D eigenvalue weighted by atomic mass is 35.5. The van der Waals surface area contributed by atoms with Gasteiger partial charge in [-0.15, -0.1) is 12.4 Å². The molecule has 1 aliphatic heterocycles. The number of carbonyl (C=O) groups is 2. The summed E-state index contributed by atoms with van der Waals surface area (Å²) in [5.41, 5.74) is 0. The first kappa shape index (κ1) is 19.1. The lowest BCUT2D eigenvalue weighted by molar-refractivity contribution is -0.139. The molecule has 1 rings (SSSR count). The molecule has 0 aromatic carbocycles. The van der Waals surface area contributed by atoms with Crippen LogP contribution in [0.1, 0.15) is 20.8 Å². The zero-order valence-corrected chi connectivity index (χ0v) is 13.5. The molecule has 0 saturated carbocycles. The molecule has 0 aromatic rings. The molecule has 2 amide bonds. The van der Waals surface area contributed by atoms with Crippen molar-refractivity contribution in [3.05, 3.63) is 0 Å². The maximum absolute atomic E-state index is 12.5. The molecule has 0 aliphatic carbocycles. The fourth-order valence-corrected chi connectivity index (χ4v) is 2.19. The van der Waals surface area contributed by atoms with Crippen LogP contribution in [0.5, 0.6) is 0 Å². The molecule has 1 heterocycles. The first-order valence-corrected chi connectivity index (χ1v) is 6.76. The van der Waals surface area contributed by atoms with Crippen molar-refractivity contribution < 1.29 is 14.3 Å². The standard InChI is InChI=1S/C13H25N3O3.ClH/c1-9(2)12(15-11(17)8-19-4)13(18)16-6-5-14-10(3)7-16;/h9-10,12,14H,5-8H2,1-4H3,(H,15,17);1H/t10?,12-;/m0./s1. The molecule has 0 aromatic heterocycles. The number of halogens is 1. The van der Waals surface area contributed by atoms with Gasteiger partial charge in [0.2, 0.25) is 11.8 Å². The maximum atomic E-state index is 12.5. The van der Waals surface area contributed by atoms with E-state index in [0.29, 0.717) is 19.1 Å². The number of hydrogen-bond donors (Lipinski definition) is 2. The largest absolute Gasteiger partial charge is 0.375 e. The normalized spacial score (nSPS) is 20.2. The van der Waals surface area contributed by atoms with Gasteiger partial charge >= 0.3 is 0 Å². The first-order chi connectivity index (χ1) is 8.95. The summed E-state index contributed by atoms with van der Waals surface area (Å²) in [7, 11) is 1.46. The van der Waals surface area contributed by atoms with E-state index in [2.05, 4.69) is 10.6 Å². The van der Waals surface area contributed by atoms with Crippen molar-refractivity contribution in [2.75, 3.05) is 33.4 Å². The molecular formula is C13H26ClN3O3. The Balaban J connectivity index is 0.00000361. The Morgan fingerprint density at radius 1 is 1.45 bits per heavy atom. The van der Waals surface area contributed by atoms with Crippen molar-refractivity contribution in [3.63, 3.8) is 0 Å². The summed E-state index contributed by atoms with van der Waals surface area (Å²) in [4.78, 5) is 25.9. The van der Waals surface area contributed by atoms with Crippen LogP contribution in [0.15, 0.2) is 0 Å². The molecular weight excluding hydrogens is 282 g/mol. The Morgan fingerprint density at radius 2 is 2.10 bits per heavy atom. The second-order valence-electron chi connectivity index (χ2n) is 5.36. The van der Waals surface area contributed by atoms with Crippen LogP contribution in [0.2, 0.25) is 0 Å². The van der Waals surface area contributed by atoms with E-state index in [-0.39, 0.29) is 36.7 Å². The van der Waals surface area contributed by atoms with Crippen LogP contribution in [-0.2, 0) is 14.3 Å². The van der Waals surface area contributed by atoms with Crippen LogP contribution in [0.4, 0.5) is 0 Å². The number of nitrogens with zero attached hydrogens (tertiary/aromatic N) is 1.